The summed E-state index contributed by atoms with van der Waals surface area (Å²) in [5, 5.41) is 16.7. The van der Waals surface area contributed by atoms with Gasteiger partial charge in [-0.2, -0.15) is 10.5 Å². The molecule has 11 heavy (non-hydrogen) atoms. The van der Waals surface area contributed by atoms with Crippen LogP contribution in [0.5, 0.6) is 0 Å². The molecule has 3 heteroatoms. The number of H-pyrrole nitrogens is 1. The van der Waals surface area contributed by atoms with Gasteiger partial charge >= 0.3 is 0 Å². The molecule has 0 aliphatic rings. The molecule has 1 aromatic rings. The Kier molecular flexibility index (Phi) is 2.09. The summed E-state index contributed by atoms with van der Waals surface area (Å²) in [5.41, 5.74) is 1.23. The summed E-state index contributed by atoms with van der Waals surface area (Å²) in [6.45, 7) is 0. The Balaban J connectivity index is 2.98. The number of nitrogens with zero attached hydrogens (tertiary/aromatic N) is 2. The summed E-state index contributed by atoms with van der Waals surface area (Å²) in [6.07, 6.45) is 4.56. The molecule has 0 fully saturated rings. The first-order valence-electron chi connectivity index (χ1n) is 3.02. The molecule has 0 atom stereocenters. The lowest BCUT2D eigenvalue weighted by atomic mass is 10.2. The van der Waals surface area contributed by atoms with Crippen molar-refractivity contribution in [2.24, 2.45) is 0 Å². The van der Waals surface area contributed by atoms with Crippen LogP contribution < -0.4 is 0 Å². The minimum atomic E-state index is 0.552. The first-order valence-corrected chi connectivity index (χ1v) is 3.02. The molecule has 0 aliphatic heterocycles. The summed E-state index contributed by atoms with van der Waals surface area (Å²) in [6, 6.07) is 5.50. The largest absolute Gasteiger partial charge is 0.361 e. The molecule has 1 N–H and O–H groups in total. The van der Waals surface area contributed by atoms with E-state index in [1.54, 1.807) is 18.3 Å². The summed E-state index contributed by atoms with van der Waals surface area (Å²) < 4.78 is 0. The Morgan fingerprint density at radius 1 is 1.45 bits per heavy atom. The number of nitrogens with one attached hydrogen (secondary N) is 1. The average molecular weight is 143 g/mol. The molecule has 1 rings (SSSR count). The highest BCUT2D eigenvalue weighted by Gasteiger charge is 1.96. The van der Waals surface area contributed by atoms with E-state index in [4.69, 9.17) is 10.5 Å². The lowest BCUT2D eigenvalue weighted by Crippen LogP contribution is -1.74. The number of nitriles is 2. The molecule has 0 bridgehead atoms. The van der Waals surface area contributed by atoms with Crippen LogP contribution in [0.4, 0.5) is 0 Å². The number of aromatic amines is 1. The highest BCUT2D eigenvalue weighted by atomic mass is 14.7. The van der Waals surface area contributed by atoms with Crippen molar-refractivity contribution in [1.82, 2.24) is 4.98 Å². The van der Waals surface area contributed by atoms with Crippen LogP contribution >= 0.6 is 0 Å². The first-order chi connectivity index (χ1) is 5.38. The smallest absolute Gasteiger partial charge is 0.101 e. The zero-order valence-electron chi connectivity index (χ0n) is 5.70. The Morgan fingerprint density at radius 3 is 2.91 bits per heavy atom. The molecule has 52 valence electrons. The van der Waals surface area contributed by atoms with Crippen molar-refractivity contribution in [3.8, 4) is 12.1 Å². The van der Waals surface area contributed by atoms with Gasteiger partial charge in [0.25, 0.3) is 0 Å². The van der Waals surface area contributed by atoms with Crippen LogP contribution in [-0.2, 0) is 0 Å². The van der Waals surface area contributed by atoms with E-state index in [9.17, 15) is 0 Å². The van der Waals surface area contributed by atoms with Crippen LogP contribution in [0, 0.1) is 22.7 Å². The fourth-order valence-electron chi connectivity index (χ4n) is 0.738. The van der Waals surface area contributed by atoms with Crippen molar-refractivity contribution in [1.29, 1.82) is 10.5 Å². The molecule has 0 saturated heterocycles. The normalized spacial score (nSPS) is 9.27. The van der Waals surface area contributed by atoms with Crippen LogP contribution in [0.1, 0.15) is 11.3 Å². The maximum absolute atomic E-state index is 8.52. The molecule has 1 aromatic heterocycles. The van der Waals surface area contributed by atoms with Gasteiger partial charge in [-0.15, -0.1) is 0 Å². The first kappa shape index (κ1) is 7.11. The van der Waals surface area contributed by atoms with E-state index in [1.807, 2.05) is 12.1 Å². The second-order valence-corrected chi connectivity index (χ2v) is 1.88. The topological polar surface area (TPSA) is 63.4 Å². The molecule has 0 unspecified atom stereocenters. The molecule has 0 spiro atoms. The van der Waals surface area contributed by atoms with Crippen LogP contribution in [0.25, 0.3) is 6.08 Å². The third kappa shape index (κ3) is 1.47. The van der Waals surface area contributed by atoms with Crippen molar-refractivity contribution < 1.29 is 0 Å². The van der Waals surface area contributed by atoms with Crippen LogP contribution in [0.2, 0.25) is 0 Å². The van der Waals surface area contributed by atoms with Gasteiger partial charge in [0.2, 0.25) is 0 Å². The number of hydrogen-bond donors (Lipinski definition) is 1. The standard InChI is InChI=1S/C8H5N3/c9-4-1-2-8-7(6-10)3-5-11-8/h1-3,5,11H/b2-1-. The van der Waals surface area contributed by atoms with Crippen molar-refractivity contribution in [3.63, 3.8) is 0 Å². The summed E-state index contributed by atoms with van der Waals surface area (Å²) in [7, 11) is 0. The predicted molar refractivity (Wildman–Crippen MR) is 40.2 cm³/mol. The number of allylic oxidation sites excluding steroid dienone is 1. The van der Waals surface area contributed by atoms with Crippen molar-refractivity contribution in [2.45, 2.75) is 0 Å². The highest BCUT2D eigenvalue weighted by molar-refractivity contribution is 5.55. The third-order valence-corrected chi connectivity index (χ3v) is 1.22. The SMILES string of the molecule is N#C/C=C\c1[nH]ccc1C#N. The van der Waals surface area contributed by atoms with Gasteiger partial charge in [-0.3, -0.25) is 0 Å². The number of rotatable bonds is 1. The lowest BCUT2D eigenvalue weighted by Gasteiger charge is -1.83. The summed E-state index contributed by atoms with van der Waals surface area (Å²) >= 11 is 0. The predicted octanol–water partition coefficient (Wildman–Crippen LogP) is 1.42. The molecule has 0 amide bonds. The van der Waals surface area contributed by atoms with Gasteiger partial charge in [-0.05, 0) is 12.1 Å². The van der Waals surface area contributed by atoms with Crippen LogP contribution in [-0.4, -0.2) is 4.98 Å². The molecule has 0 radical (unpaired) electrons. The maximum atomic E-state index is 8.52. The minimum Gasteiger partial charge on any atom is -0.361 e. The van der Waals surface area contributed by atoms with E-state index in [-0.39, 0.29) is 0 Å². The lowest BCUT2D eigenvalue weighted by molar-refractivity contribution is 1.36. The second kappa shape index (κ2) is 3.24. The third-order valence-electron chi connectivity index (χ3n) is 1.22. The minimum absolute atomic E-state index is 0.552. The Bertz CT molecular complexity index is 346. The van der Waals surface area contributed by atoms with Gasteiger partial charge in [-0.1, -0.05) is 0 Å². The molecule has 0 aromatic carbocycles. The van der Waals surface area contributed by atoms with Crippen molar-refractivity contribution in [3.05, 3.63) is 29.6 Å². The number of hydrogen-bond acceptors (Lipinski definition) is 2. The molecule has 0 aliphatic carbocycles. The van der Waals surface area contributed by atoms with E-state index < -0.39 is 0 Å². The molecular weight excluding hydrogens is 138 g/mol. The van der Waals surface area contributed by atoms with E-state index in [1.165, 1.54) is 6.08 Å². The maximum Gasteiger partial charge on any atom is 0.101 e. The van der Waals surface area contributed by atoms with Gasteiger partial charge in [0.15, 0.2) is 0 Å². The van der Waals surface area contributed by atoms with Crippen molar-refractivity contribution >= 4 is 6.08 Å². The Hall–Kier alpha value is -2.00. The average Bonchev–Trinajstić information content (AvgIpc) is 2.47. The number of aromatic nitrogens is 1. The second-order valence-electron chi connectivity index (χ2n) is 1.88. The van der Waals surface area contributed by atoms with Gasteiger partial charge in [0.1, 0.15) is 6.07 Å². The molecular formula is C8H5N3. The van der Waals surface area contributed by atoms with Gasteiger partial charge in [0, 0.05) is 12.3 Å². The van der Waals surface area contributed by atoms with Gasteiger partial charge in [0.05, 0.1) is 17.3 Å². The van der Waals surface area contributed by atoms with Crippen molar-refractivity contribution in [2.75, 3.05) is 0 Å². The Morgan fingerprint density at radius 2 is 2.27 bits per heavy atom. The van der Waals surface area contributed by atoms with Gasteiger partial charge in [-0.25, -0.2) is 0 Å². The fraction of sp³-hybridized carbons (Fsp3) is 0. The quantitative estimate of drug-likeness (QED) is 0.604. The molecule has 0 saturated carbocycles. The zero-order chi connectivity index (χ0) is 8.10. The van der Waals surface area contributed by atoms with Gasteiger partial charge < -0.3 is 4.98 Å². The zero-order valence-corrected chi connectivity index (χ0v) is 5.70. The fourth-order valence-corrected chi connectivity index (χ4v) is 0.738. The molecule has 1 heterocycles. The van der Waals surface area contributed by atoms with E-state index in [0.717, 1.165) is 0 Å². The summed E-state index contributed by atoms with van der Waals surface area (Å²) in [5.74, 6) is 0. The van der Waals surface area contributed by atoms with E-state index in [0.29, 0.717) is 11.3 Å². The summed E-state index contributed by atoms with van der Waals surface area (Å²) in [4.78, 5) is 2.83. The highest BCUT2D eigenvalue weighted by Crippen LogP contribution is 2.05. The van der Waals surface area contributed by atoms with E-state index >= 15 is 0 Å². The van der Waals surface area contributed by atoms with E-state index in [2.05, 4.69) is 4.98 Å². The molecule has 3 nitrogen and oxygen atoms in total. The Labute approximate surface area is 64.2 Å². The van der Waals surface area contributed by atoms with Crippen LogP contribution in [0.3, 0.4) is 0 Å². The monoisotopic (exact) mass is 143 g/mol. The van der Waals surface area contributed by atoms with Crippen LogP contribution in [0.15, 0.2) is 18.3 Å².